The second-order valence-corrected chi connectivity index (χ2v) is 6.14. The first-order chi connectivity index (χ1) is 7.88. The van der Waals surface area contributed by atoms with Crippen molar-refractivity contribution in [2.75, 3.05) is 18.1 Å². The molecule has 1 saturated carbocycles. The molecule has 1 nitrogen and oxygen atoms in total. The van der Waals surface area contributed by atoms with Crippen LogP contribution in [0.15, 0.2) is 0 Å². The first kappa shape index (κ1) is 14.4. The molecule has 2 heteroatoms. The van der Waals surface area contributed by atoms with Gasteiger partial charge in [0.2, 0.25) is 0 Å². The normalized spacial score (nSPS) is 20.6. The predicted molar refractivity (Wildman–Crippen MR) is 76.3 cm³/mol. The molecule has 1 N–H and O–H groups in total. The van der Waals surface area contributed by atoms with Gasteiger partial charge >= 0.3 is 0 Å². The molecule has 0 heterocycles. The largest absolute Gasteiger partial charge is 0.313 e. The van der Waals surface area contributed by atoms with Crippen molar-refractivity contribution >= 4 is 11.8 Å². The number of rotatable bonds is 7. The van der Waals surface area contributed by atoms with E-state index in [4.69, 9.17) is 0 Å². The van der Waals surface area contributed by atoms with E-state index in [0.29, 0.717) is 0 Å². The van der Waals surface area contributed by atoms with Crippen molar-refractivity contribution in [1.82, 2.24) is 5.32 Å². The average molecular weight is 243 g/mol. The highest BCUT2D eigenvalue weighted by atomic mass is 32.2. The number of nitrogens with one attached hydrogen (secondary N) is 1. The Balaban J connectivity index is 2.33. The van der Waals surface area contributed by atoms with Gasteiger partial charge in [-0.25, -0.2) is 0 Å². The van der Waals surface area contributed by atoms with Gasteiger partial charge in [-0.05, 0) is 37.5 Å². The molecule has 1 fully saturated rings. The van der Waals surface area contributed by atoms with Gasteiger partial charge in [-0.3, -0.25) is 0 Å². The zero-order valence-corrected chi connectivity index (χ0v) is 12.0. The minimum atomic E-state index is 0.777. The Labute approximate surface area is 106 Å². The van der Waals surface area contributed by atoms with E-state index in [2.05, 4.69) is 30.9 Å². The lowest BCUT2D eigenvalue weighted by Crippen LogP contribution is -2.38. The van der Waals surface area contributed by atoms with Crippen LogP contribution in [-0.2, 0) is 0 Å². The zero-order valence-electron chi connectivity index (χ0n) is 11.1. The van der Waals surface area contributed by atoms with E-state index in [-0.39, 0.29) is 0 Å². The van der Waals surface area contributed by atoms with Crippen molar-refractivity contribution in [3.8, 4) is 0 Å². The van der Waals surface area contributed by atoms with Crippen LogP contribution in [0, 0.1) is 5.92 Å². The zero-order chi connectivity index (χ0) is 11.6. The third-order valence-electron chi connectivity index (χ3n) is 3.58. The third-order valence-corrected chi connectivity index (χ3v) is 4.87. The molecular weight excluding hydrogens is 214 g/mol. The maximum absolute atomic E-state index is 3.72. The van der Waals surface area contributed by atoms with Crippen LogP contribution in [0.2, 0.25) is 0 Å². The van der Waals surface area contributed by atoms with E-state index in [1.54, 1.807) is 0 Å². The number of thioether (sulfide) groups is 1. The molecule has 1 rings (SSSR count). The van der Waals surface area contributed by atoms with Crippen LogP contribution >= 0.6 is 11.8 Å². The van der Waals surface area contributed by atoms with E-state index in [9.17, 15) is 0 Å². The van der Waals surface area contributed by atoms with Crippen LogP contribution in [0.4, 0.5) is 0 Å². The molecule has 0 aliphatic heterocycles. The molecule has 1 unspecified atom stereocenters. The summed E-state index contributed by atoms with van der Waals surface area (Å²) in [5, 5.41) is 3.72. The molecule has 1 aliphatic carbocycles. The van der Waals surface area contributed by atoms with Gasteiger partial charge in [0.25, 0.3) is 0 Å². The Morgan fingerprint density at radius 3 is 2.38 bits per heavy atom. The van der Waals surface area contributed by atoms with Crippen molar-refractivity contribution in [2.24, 2.45) is 5.92 Å². The summed E-state index contributed by atoms with van der Waals surface area (Å²) in [5.41, 5.74) is 0. The monoisotopic (exact) mass is 243 g/mol. The van der Waals surface area contributed by atoms with Crippen LogP contribution < -0.4 is 5.32 Å². The van der Waals surface area contributed by atoms with Crippen molar-refractivity contribution in [3.63, 3.8) is 0 Å². The maximum Gasteiger partial charge on any atom is 0.0186 e. The first-order valence-electron chi connectivity index (χ1n) is 7.19. The molecule has 0 saturated heterocycles. The smallest absolute Gasteiger partial charge is 0.0186 e. The van der Waals surface area contributed by atoms with Crippen molar-refractivity contribution in [1.29, 1.82) is 0 Å². The van der Waals surface area contributed by atoms with E-state index >= 15 is 0 Å². The van der Waals surface area contributed by atoms with Crippen molar-refractivity contribution < 1.29 is 0 Å². The Morgan fingerprint density at radius 1 is 1.12 bits per heavy atom. The minimum absolute atomic E-state index is 0.777. The van der Waals surface area contributed by atoms with Gasteiger partial charge in [-0.15, -0.1) is 0 Å². The Morgan fingerprint density at radius 2 is 1.81 bits per heavy atom. The molecule has 1 atom stereocenters. The van der Waals surface area contributed by atoms with Gasteiger partial charge in [0, 0.05) is 11.8 Å². The Bertz CT molecular complexity index is 153. The van der Waals surface area contributed by atoms with Gasteiger partial charge in [0.05, 0.1) is 0 Å². The van der Waals surface area contributed by atoms with E-state index < -0.39 is 0 Å². The molecule has 0 aromatic carbocycles. The topological polar surface area (TPSA) is 12.0 Å². The molecule has 96 valence electrons. The molecule has 0 aromatic rings. The van der Waals surface area contributed by atoms with Gasteiger partial charge in [-0.1, -0.05) is 39.5 Å². The van der Waals surface area contributed by atoms with Crippen LogP contribution in [0.1, 0.15) is 58.8 Å². The molecular formula is C14H29NS. The van der Waals surface area contributed by atoms with Crippen molar-refractivity contribution in [3.05, 3.63) is 0 Å². The highest BCUT2D eigenvalue weighted by molar-refractivity contribution is 7.99. The van der Waals surface area contributed by atoms with Crippen LogP contribution in [0.25, 0.3) is 0 Å². The van der Waals surface area contributed by atoms with Gasteiger partial charge < -0.3 is 5.32 Å². The lowest BCUT2D eigenvalue weighted by molar-refractivity contribution is 0.347. The first-order valence-corrected chi connectivity index (χ1v) is 8.35. The second kappa shape index (κ2) is 9.35. The summed E-state index contributed by atoms with van der Waals surface area (Å²) in [4.78, 5) is 0. The Hall–Kier alpha value is 0.310. The van der Waals surface area contributed by atoms with Crippen LogP contribution in [0.5, 0.6) is 0 Å². The maximum atomic E-state index is 3.72. The summed E-state index contributed by atoms with van der Waals surface area (Å²) < 4.78 is 0. The van der Waals surface area contributed by atoms with Crippen LogP contribution in [0.3, 0.4) is 0 Å². The summed E-state index contributed by atoms with van der Waals surface area (Å²) in [7, 11) is 0. The van der Waals surface area contributed by atoms with E-state index in [1.165, 1.54) is 56.5 Å². The number of hydrogen-bond donors (Lipinski definition) is 1. The average Bonchev–Trinajstić information content (AvgIpc) is 2.57. The molecule has 16 heavy (non-hydrogen) atoms. The van der Waals surface area contributed by atoms with Gasteiger partial charge in [0.1, 0.15) is 0 Å². The SMILES string of the molecule is CCCSCC(NCC)C1CCCCCC1. The summed E-state index contributed by atoms with van der Waals surface area (Å²) in [6.07, 6.45) is 10.1. The molecule has 0 aromatic heterocycles. The van der Waals surface area contributed by atoms with E-state index in [0.717, 1.165) is 18.5 Å². The van der Waals surface area contributed by atoms with Gasteiger partial charge in [-0.2, -0.15) is 11.8 Å². The lowest BCUT2D eigenvalue weighted by Gasteiger charge is -2.26. The summed E-state index contributed by atoms with van der Waals surface area (Å²) in [6, 6.07) is 0.777. The summed E-state index contributed by atoms with van der Waals surface area (Å²) in [6.45, 7) is 5.66. The molecule has 0 radical (unpaired) electrons. The number of hydrogen-bond acceptors (Lipinski definition) is 2. The highest BCUT2D eigenvalue weighted by Gasteiger charge is 2.21. The standard InChI is InChI=1S/C14H29NS/c1-3-11-16-12-14(15-4-2)13-9-7-5-6-8-10-13/h13-15H,3-12H2,1-2H3. The molecule has 0 amide bonds. The summed E-state index contributed by atoms with van der Waals surface area (Å²) in [5.74, 6) is 3.60. The lowest BCUT2D eigenvalue weighted by atomic mass is 9.93. The highest BCUT2D eigenvalue weighted by Crippen LogP contribution is 2.27. The third kappa shape index (κ3) is 5.58. The van der Waals surface area contributed by atoms with Gasteiger partial charge in [0.15, 0.2) is 0 Å². The molecule has 0 bridgehead atoms. The predicted octanol–water partition coefficient (Wildman–Crippen LogP) is 4.08. The van der Waals surface area contributed by atoms with Crippen molar-refractivity contribution in [2.45, 2.75) is 64.8 Å². The molecule has 0 spiro atoms. The minimum Gasteiger partial charge on any atom is -0.313 e. The second-order valence-electron chi connectivity index (χ2n) is 4.99. The quantitative estimate of drug-likeness (QED) is 0.534. The fraction of sp³-hybridized carbons (Fsp3) is 1.00. The van der Waals surface area contributed by atoms with Crippen LogP contribution in [-0.4, -0.2) is 24.1 Å². The fourth-order valence-electron chi connectivity index (χ4n) is 2.69. The summed E-state index contributed by atoms with van der Waals surface area (Å²) >= 11 is 2.14. The molecule has 1 aliphatic rings. The fourth-order valence-corrected chi connectivity index (χ4v) is 3.79. The van der Waals surface area contributed by atoms with E-state index in [1.807, 2.05) is 0 Å². The Kier molecular flexibility index (Phi) is 8.40.